The first-order chi connectivity index (χ1) is 8.69. The van der Waals surface area contributed by atoms with Crippen LogP contribution in [0.25, 0.3) is 0 Å². The number of aryl methyl sites for hydroxylation is 1. The van der Waals surface area contributed by atoms with E-state index in [1.165, 1.54) is 6.20 Å². The van der Waals surface area contributed by atoms with E-state index in [2.05, 4.69) is 20.4 Å². The molecule has 0 aromatic carbocycles. The molecule has 2 aromatic heterocycles. The summed E-state index contributed by atoms with van der Waals surface area (Å²) in [4.78, 5) is 19.7. The lowest BCUT2D eigenvalue weighted by Gasteiger charge is -2.01. The van der Waals surface area contributed by atoms with Gasteiger partial charge in [-0.2, -0.15) is 4.98 Å². The van der Waals surface area contributed by atoms with E-state index in [4.69, 9.17) is 16.1 Å². The second-order valence-electron chi connectivity index (χ2n) is 3.50. The van der Waals surface area contributed by atoms with Crippen molar-refractivity contribution in [3.05, 3.63) is 40.8 Å². The molecule has 94 valence electrons. The Morgan fingerprint density at radius 3 is 2.94 bits per heavy atom. The van der Waals surface area contributed by atoms with Crippen molar-refractivity contribution in [2.75, 3.05) is 0 Å². The molecule has 1 amide bonds. The van der Waals surface area contributed by atoms with Crippen molar-refractivity contribution in [1.82, 2.24) is 20.4 Å². The third-order valence-electron chi connectivity index (χ3n) is 2.19. The second-order valence-corrected chi connectivity index (χ2v) is 3.94. The summed E-state index contributed by atoms with van der Waals surface area (Å²) < 4.78 is 4.94. The summed E-state index contributed by atoms with van der Waals surface area (Å²) in [6.07, 6.45) is 2.11. The topological polar surface area (TPSA) is 80.9 Å². The molecular weight excluding hydrogens is 256 g/mol. The van der Waals surface area contributed by atoms with Crippen LogP contribution in [0.2, 0.25) is 5.02 Å². The van der Waals surface area contributed by atoms with Crippen LogP contribution in [-0.4, -0.2) is 21.0 Å². The fraction of sp³-hybridized carbons (Fsp3) is 0.273. The van der Waals surface area contributed by atoms with Gasteiger partial charge in [0.15, 0.2) is 5.82 Å². The lowest BCUT2D eigenvalue weighted by molar-refractivity contribution is 0.0941. The van der Waals surface area contributed by atoms with Crippen LogP contribution >= 0.6 is 11.6 Å². The van der Waals surface area contributed by atoms with Gasteiger partial charge in [0.1, 0.15) is 5.69 Å². The van der Waals surface area contributed by atoms with Crippen molar-refractivity contribution < 1.29 is 9.32 Å². The quantitative estimate of drug-likeness (QED) is 0.909. The van der Waals surface area contributed by atoms with E-state index in [-0.39, 0.29) is 18.1 Å². The van der Waals surface area contributed by atoms with Crippen molar-refractivity contribution in [2.45, 2.75) is 19.9 Å². The molecule has 2 rings (SSSR count). The van der Waals surface area contributed by atoms with Crippen LogP contribution in [-0.2, 0) is 13.0 Å². The Morgan fingerprint density at radius 2 is 2.33 bits per heavy atom. The van der Waals surface area contributed by atoms with Gasteiger partial charge in [0, 0.05) is 12.6 Å². The maximum atomic E-state index is 11.7. The lowest BCUT2D eigenvalue weighted by Crippen LogP contribution is -2.23. The predicted molar refractivity (Wildman–Crippen MR) is 64.1 cm³/mol. The van der Waals surface area contributed by atoms with Gasteiger partial charge in [-0.3, -0.25) is 4.79 Å². The summed E-state index contributed by atoms with van der Waals surface area (Å²) in [6, 6.07) is 3.15. The summed E-state index contributed by atoms with van der Waals surface area (Å²) in [5.74, 6) is 0.668. The lowest BCUT2D eigenvalue weighted by atomic mass is 10.3. The second kappa shape index (κ2) is 5.59. The minimum Gasteiger partial charge on any atom is -0.342 e. The summed E-state index contributed by atoms with van der Waals surface area (Å²) in [5, 5.41) is 6.84. The number of halogens is 1. The minimum atomic E-state index is -0.317. The molecule has 0 bridgehead atoms. The zero-order valence-electron chi connectivity index (χ0n) is 9.68. The van der Waals surface area contributed by atoms with Gasteiger partial charge in [-0.25, -0.2) is 4.98 Å². The highest BCUT2D eigenvalue weighted by Crippen LogP contribution is 2.06. The van der Waals surface area contributed by atoms with Crippen LogP contribution in [0.4, 0.5) is 0 Å². The predicted octanol–water partition coefficient (Wildman–Crippen LogP) is 1.61. The van der Waals surface area contributed by atoms with E-state index in [1.807, 2.05) is 6.92 Å². The third kappa shape index (κ3) is 3.04. The molecule has 18 heavy (non-hydrogen) atoms. The maximum Gasteiger partial charge on any atom is 0.270 e. The number of hydrogen-bond donors (Lipinski definition) is 1. The number of amides is 1. The molecule has 2 aromatic rings. The number of aromatic nitrogens is 3. The molecule has 0 aliphatic heterocycles. The van der Waals surface area contributed by atoms with Gasteiger partial charge in [0.2, 0.25) is 5.89 Å². The highest BCUT2D eigenvalue weighted by Gasteiger charge is 2.09. The monoisotopic (exact) mass is 266 g/mol. The van der Waals surface area contributed by atoms with E-state index in [9.17, 15) is 4.79 Å². The number of carbonyl (C=O) groups excluding carboxylic acids is 1. The summed E-state index contributed by atoms with van der Waals surface area (Å²) >= 11 is 5.68. The van der Waals surface area contributed by atoms with Gasteiger partial charge >= 0.3 is 0 Å². The smallest absolute Gasteiger partial charge is 0.270 e. The van der Waals surface area contributed by atoms with Crippen LogP contribution in [0, 0.1) is 0 Å². The highest BCUT2D eigenvalue weighted by atomic mass is 35.5. The third-order valence-corrected chi connectivity index (χ3v) is 2.41. The van der Waals surface area contributed by atoms with Gasteiger partial charge in [-0.15, -0.1) is 0 Å². The Balaban J connectivity index is 1.93. The Kier molecular flexibility index (Phi) is 3.88. The largest absolute Gasteiger partial charge is 0.342 e. The zero-order valence-corrected chi connectivity index (χ0v) is 10.4. The molecule has 6 nitrogen and oxygen atoms in total. The SMILES string of the molecule is CCc1noc(CNC(=O)c2ccc(Cl)cn2)n1. The molecule has 0 saturated heterocycles. The summed E-state index contributed by atoms with van der Waals surface area (Å²) in [6.45, 7) is 2.10. The molecule has 0 unspecified atom stereocenters. The van der Waals surface area contributed by atoms with Crippen molar-refractivity contribution in [1.29, 1.82) is 0 Å². The fourth-order valence-electron chi connectivity index (χ4n) is 1.26. The average molecular weight is 267 g/mol. The number of pyridine rings is 1. The number of nitrogens with one attached hydrogen (secondary N) is 1. The standard InChI is InChI=1S/C11H11ClN4O2/c1-2-9-15-10(18-16-9)6-14-11(17)8-4-3-7(12)5-13-8/h3-5H,2,6H2,1H3,(H,14,17). The summed E-state index contributed by atoms with van der Waals surface area (Å²) in [7, 11) is 0. The van der Waals surface area contributed by atoms with Crippen molar-refractivity contribution >= 4 is 17.5 Å². The number of nitrogens with zero attached hydrogens (tertiary/aromatic N) is 3. The maximum absolute atomic E-state index is 11.7. The molecule has 0 radical (unpaired) electrons. The first kappa shape index (κ1) is 12.5. The van der Waals surface area contributed by atoms with E-state index in [1.54, 1.807) is 12.1 Å². The molecule has 2 heterocycles. The average Bonchev–Trinajstić information content (AvgIpc) is 2.85. The molecule has 0 aliphatic carbocycles. The van der Waals surface area contributed by atoms with E-state index in [0.717, 1.165) is 0 Å². The molecule has 0 aliphatic rings. The van der Waals surface area contributed by atoms with E-state index in [0.29, 0.717) is 23.2 Å². The molecule has 7 heteroatoms. The van der Waals surface area contributed by atoms with E-state index >= 15 is 0 Å². The number of rotatable bonds is 4. The molecule has 0 saturated carbocycles. The molecular formula is C11H11ClN4O2. The highest BCUT2D eigenvalue weighted by molar-refractivity contribution is 6.30. The first-order valence-electron chi connectivity index (χ1n) is 5.40. The van der Waals surface area contributed by atoms with Gasteiger partial charge in [0.25, 0.3) is 5.91 Å². The molecule has 0 atom stereocenters. The Bertz CT molecular complexity index is 538. The molecule has 0 spiro atoms. The van der Waals surface area contributed by atoms with Gasteiger partial charge in [-0.1, -0.05) is 23.7 Å². The minimum absolute atomic E-state index is 0.177. The van der Waals surface area contributed by atoms with Crippen molar-refractivity contribution in [3.8, 4) is 0 Å². The van der Waals surface area contributed by atoms with Crippen molar-refractivity contribution in [2.24, 2.45) is 0 Å². The fourth-order valence-corrected chi connectivity index (χ4v) is 1.37. The molecule has 0 fully saturated rings. The first-order valence-corrected chi connectivity index (χ1v) is 5.78. The van der Waals surface area contributed by atoms with E-state index < -0.39 is 0 Å². The Morgan fingerprint density at radius 1 is 1.50 bits per heavy atom. The molecule has 1 N–H and O–H groups in total. The Labute approximate surface area is 108 Å². The van der Waals surface area contributed by atoms with Gasteiger partial charge in [-0.05, 0) is 12.1 Å². The zero-order chi connectivity index (χ0) is 13.0. The Hall–Kier alpha value is -1.95. The number of hydrogen-bond acceptors (Lipinski definition) is 5. The van der Waals surface area contributed by atoms with Crippen molar-refractivity contribution in [3.63, 3.8) is 0 Å². The van der Waals surface area contributed by atoms with Crippen LogP contribution < -0.4 is 5.32 Å². The normalized spacial score (nSPS) is 10.3. The van der Waals surface area contributed by atoms with Gasteiger partial charge in [0.05, 0.1) is 11.6 Å². The van der Waals surface area contributed by atoms with Crippen LogP contribution in [0.15, 0.2) is 22.9 Å². The van der Waals surface area contributed by atoms with Crippen LogP contribution in [0.3, 0.4) is 0 Å². The van der Waals surface area contributed by atoms with Crippen LogP contribution in [0.5, 0.6) is 0 Å². The van der Waals surface area contributed by atoms with Gasteiger partial charge < -0.3 is 9.84 Å². The summed E-state index contributed by atoms with van der Waals surface area (Å²) in [5.41, 5.74) is 0.287. The van der Waals surface area contributed by atoms with Crippen LogP contribution in [0.1, 0.15) is 29.1 Å². The number of carbonyl (C=O) groups is 1.